The Kier molecular flexibility index (Phi) is 4.08. The van der Waals surface area contributed by atoms with Crippen LogP contribution in [0.5, 0.6) is 0 Å². The zero-order valence-electron chi connectivity index (χ0n) is 12.4. The molecule has 3 aromatic rings. The summed E-state index contributed by atoms with van der Waals surface area (Å²) in [4.78, 5) is 0. The van der Waals surface area contributed by atoms with Crippen LogP contribution in [0.1, 0.15) is 22.3 Å². The maximum Gasteiger partial charge on any atom is 0.140 e. The maximum atomic E-state index is 11.6. The van der Waals surface area contributed by atoms with E-state index in [-0.39, 0.29) is 0 Å². The number of aliphatic hydroxyl groups is 1. The molecule has 1 N–H and O–H groups in total. The van der Waals surface area contributed by atoms with Crippen LogP contribution in [0.25, 0.3) is 0 Å². The second-order valence-corrected chi connectivity index (χ2v) is 5.39. The Labute approximate surface area is 131 Å². The van der Waals surface area contributed by atoms with E-state index in [9.17, 15) is 5.11 Å². The number of benzene rings is 3. The Morgan fingerprint density at radius 1 is 0.636 bits per heavy atom. The predicted octanol–water partition coefficient (Wildman–Crippen LogP) is 4.35. The van der Waals surface area contributed by atoms with E-state index in [0.717, 1.165) is 28.7 Å². The molecule has 0 bridgehead atoms. The molecule has 0 aliphatic rings. The summed E-state index contributed by atoms with van der Waals surface area (Å²) in [6, 6.07) is 27.6. The van der Waals surface area contributed by atoms with Crippen LogP contribution in [0.2, 0.25) is 0 Å². The molecule has 22 heavy (non-hydrogen) atoms. The van der Waals surface area contributed by atoms with Crippen molar-refractivity contribution in [1.29, 1.82) is 0 Å². The third-order valence-electron chi connectivity index (χ3n) is 4.04. The molecule has 3 rings (SSSR count). The Bertz CT molecular complexity index is 675. The van der Waals surface area contributed by atoms with Crippen molar-refractivity contribution in [2.24, 2.45) is 0 Å². The van der Waals surface area contributed by atoms with E-state index in [1.54, 1.807) is 0 Å². The summed E-state index contributed by atoms with van der Waals surface area (Å²) in [6.07, 6.45) is 0.745. The van der Waals surface area contributed by atoms with E-state index in [1.165, 1.54) is 0 Å². The first-order valence-corrected chi connectivity index (χ1v) is 7.47. The van der Waals surface area contributed by atoms with E-state index >= 15 is 0 Å². The van der Waals surface area contributed by atoms with Gasteiger partial charge in [-0.1, -0.05) is 84.9 Å². The van der Waals surface area contributed by atoms with Gasteiger partial charge in [0.1, 0.15) is 5.60 Å². The van der Waals surface area contributed by atoms with E-state index in [1.807, 2.05) is 84.9 Å². The molecule has 1 heteroatoms. The lowest BCUT2D eigenvalue weighted by Gasteiger charge is -2.30. The highest BCUT2D eigenvalue weighted by molar-refractivity contribution is 5.47. The van der Waals surface area contributed by atoms with Crippen LogP contribution in [0.3, 0.4) is 0 Å². The highest BCUT2D eigenvalue weighted by atomic mass is 16.3. The first-order chi connectivity index (χ1) is 10.7. The predicted molar refractivity (Wildman–Crippen MR) is 90.5 cm³/mol. The summed E-state index contributed by atoms with van der Waals surface area (Å²) in [5.74, 6) is 0. The molecular formula is C21H19O. The van der Waals surface area contributed by atoms with Gasteiger partial charge in [0, 0.05) is 0 Å². The molecule has 0 unspecified atom stereocenters. The molecule has 3 aromatic carbocycles. The average Bonchev–Trinajstić information content (AvgIpc) is 2.62. The Morgan fingerprint density at radius 2 is 1.05 bits per heavy atom. The van der Waals surface area contributed by atoms with E-state index in [0.29, 0.717) is 0 Å². The summed E-state index contributed by atoms with van der Waals surface area (Å²) in [5.41, 5.74) is 2.60. The summed E-state index contributed by atoms with van der Waals surface area (Å²) in [6.45, 7) is 3.90. The minimum absolute atomic E-state index is 0.745. The number of hydrogen-bond donors (Lipinski definition) is 1. The van der Waals surface area contributed by atoms with Gasteiger partial charge in [0.15, 0.2) is 0 Å². The molecule has 0 saturated carbocycles. The molecule has 0 spiro atoms. The van der Waals surface area contributed by atoms with Crippen molar-refractivity contribution in [1.82, 2.24) is 0 Å². The lowest BCUT2D eigenvalue weighted by atomic mass is 9.80. The largest absolute Gasteiger partial charge is 0.376 e. The minimum atomic E-state index is -1.15. The van der Waals surface area contributed by atoms with Crippen molar-refractivity contribution < 1.29 is 5.11 Å². The fraction of sp³-hybridized carbons (Fsp3) is 0.0952. The zero-order valence-corrected chi connectivity index (χ0v) is 12.4. The quantitative estimate of drug-likeness (QED) is 0.707. The molecule has 0 heterocycles. The molecule has 109 valence electrons. The zero-order chi connectivity index (χ0) is 15.4. The van der Waals surface area contributed by atoms with Gasteiger partial charge in [-0.15, -0.1) is 0 Å². The van der Waals surface area contributed by atoms with Crippen molar-refractivity contribution in [3.8, 4) is 0 Å². The second kappa shape index (κ2) is 6.17. The van der Waals surface area contributed by atoms with Crippen LogP contribution in [-0.2, 0) is 12.0 Å². The van der Waals surface area contributed by atoms with Gasteiger partial charge in [-0.3, -0.25) is 0 Å². The van der Waals surface area contributed by atoms with Crippen LogP contribution in [0.15, 0.2) is 84.9 Å². The minimum Gasteiger partial charge on any atom is -0.376 e. The Hall–Kier alpha value is -2.38. The molecule has 0 aliphatic heterocycles. The van der Waals surface area contributed by atoms with Crippen LogP contribution < -0.4 is 0 Å². The van der Waals surface area contributed by atoms with Gasteiger partial charge < -0.3 is 5.11 Å². The van der Waals surface area contributed by atoms with Crippen molar-refractivity contribution >= 4 is 0 Å². The normalized spacial score (nSPS) is 11.4. The van der Waals surface area contributed by atoms with Gasteiger partial charge in [0.25, 0.3) is 0 Å². The summed E-state index contributed by atoms with van der Waals surface area (Å²) < 4.78 is 0. The van der Waals surface area contributed by atoms with Crippen LogP contribution in [0, 0.1) is 6.92 Å². The molecule has 0 atom stereocenters. The second-order valence-electron chi connectivity index (χ2n) is 5.39. The molecule has 1 radical (unpaired) electrons. The molecule has 0 aliphatic carbocycles. The standard InChI is InChI=1S/C21H19O/c1-2-17-13-15-20(16-14-17)21(22,18-9-5-3-6-10-18)19-11-7-4-8-12-19/h3-16,22H,1-2H2. The van der Waals surface area contributed by atoms with Gasteiger partial charge >= 0.3 is 0 Å². The Morgan fingerprint density at radius 3 is 1.45 bits per heavy atom. The molecule has 0 fully saturated rings. The van der Waals surface area contributed by atoms with Crippen molar-refractivity contribution in [2.45, 2.75) is 12.0 Å². The van der Waals surface area contributed by atoms with E-state index in [4.69, 9.17) is 0 Å². The monoisotopic (exact) mass is 287 g/mol. The van der Waals surface area contributed by atoms with Crippen molar-refractivity contribution in [3.63, 3.8) is 0 Å². The van der Waals surface area contributed by atoms with E-state index in [2.05, 4.69) is 6.92 Å². The molecular weight excluding hydrogens is 268 g/mol. The summed E-state index contributed by atoms with van der Waals surface area (Å²) >= 11 is 0. The van der Waals surface area contributed by atoms with Gasteiger partial charge in [-0.25, -0.2) is 0 Å². The van der Waals surface area contributed by atoms with Gasteiger partial charge in [0.05, 0.1) is 0 Å². The fourth-order valence-electron chi connectivity index (χ4n) is 2.77. The smallest absolute Gasteiger partial charge is 0.140 e. The van der Waals surface area contributed by atoms with Crippen molar-refractivity contribution in [2.75, 3.05) is 0 Å². The lowest BCUT2D eigenvalue weighted by Crippen LogP contribution is -2.28. The first-order valence-electron chi connectivity index (χ1n) is 7.47. The van der Waals surface area contributed by atoms with Crippen LogP contribution in [-0.4, -0.2) is 5.11 Å². The van der Waals surface area contributed by atoms with Crippen LogP contribution in [0.4, 0.5) is 0 Å². The first kappa shape index (κ1) is 14.6. The summed E-state index contributed by atoms with van der Waals surface area (Å²) in [5, 5.41) is 11.6. The Balaban J connectivity index is 2.18. The third-order valence-corrected chi connectivity index (χ3v) is 4.04. The van der Waals surface area contributed by atoms with Gasteiger partial charge in [0.2, 0.25) is 0 Å². The van der Waals surface area contributed by atoms with Gasteiger partial charge in [-0.2, -0.15) is 0 Å². The SMILES string of the molecule is [CH2]Cc1ccc(C(O)(c2ccccc2)c2ccccc2)cc1. The van der Waals surface area contributed by atoms with Crippen molar-refractivity contribution in [3.05, 3.63) is 114 Å². The fourth-order valence-corrected chi connectivity index (χ4v) is 2.77. The van der Waals surface area contributed by atoms with Crippen LogP contribution >= 0.6 is 0 Å². The molecule has 1 nitrogen and oxygen atoms in total. The topological polar surface area (TPSA) is 20.2 Å². The maximum absolute atomic E-state index is 11.6. The highest BCUT2D eigenvalue weighted by Gasteiger charge is 2.33. The lowest BCUT2D eigenvalue weighted by molar-refractivity contribution is 0.125. The van der Waals surface area contributed by atoms with E-state index < -0.39 is 5.60 Å². The average molecular weight is 287 g/mol. The molecule has 0 aromatic heterocycles. The summed E-state index contributed by atoms with van der Waals surface area (Å²) in [7, 11) is 0. The number of rotatable bonds is 4. The molecule has 0 amide bonds. The molecule has 0 saturated heterocycles. The highest BCUT2D eigenvalue weighted by Crippen LogP contribution is 2.36. The van der Waals surface area contributed by atoms with Gasteiger partial charge in [-0.05, 0) is 35.6 Å². The number of hydrogen-bond acceptors (Lipinski definition) is 1. The third kappa shape index (κ3) is 2.56.